The Morgan fingerprint density at radius 3 is 2.79 bits per heavy atom. The van der Waals surface area contributed by atoms with Crippen LogP contribution in [0.3, 0.4) is 0 Å². The molecule has 0 aliphatic carbocycles. The van der Waals surface area contributed by atoms with E-state index < -0.39 is 0 Å². The highest BCUT2D eigenvalue weighted by molar-refractivity contribution is 5.16. The zero-order valence-corrected chi connectivity index (χ0v) is 11.8. The van der Waals surface area contributed by atoms with Crippen LogP contribution in [0.1, 0.15) is 37.1 Å². The lowest BCUT2D eigenvalue weighted by Gasteiger charge is -2.16. The maximum absolute atomic E-state index is 5.70. The maximum atomic E-state index is 5.70. The fourth-order valence-corrected chi connectivity index (χ4v) is 2.29. The minimum absolute atomic E-state index is 0.0190. The van der Waals surface area contributed by atoms with Crippen LogP contribution in [0.5, 0.6) is 0 Å². The molecule has 2 heterocycles. The van der Waals surface area contributed by atoms with E-state index in [0.29, 0.717) is 0 Å². The summed E-state index contributed by atoms with van der Waals surface area (Å²) in [5.41, 5.74) is 5.04. The van der Waals surface area contributed by atoms with Gasteiger partial charge in [-0.1, -0.05) is 6.92 Å². The van der Waals surface area contributed by atoms with Gasteiger partial charge in [-0.15, -0.1) is 0 Å². The average molecular weight is 262 g/mol. The van der Waals surface area contributed by atoms with Crippen LogP contribution in [-0.2, 0) is 26.4 Å². The van der Waals surface area contributed by atoms with E-state index in [1.807, 2.05) is 24.1 Å². The van der Waals surface area contributed by atoms with Crippen LogP contribution < -0.4 is 11.3 Å². The Kier molecular flexibility index (Phi) is 4.34. The third kappa shape index (κ3) is 2.85. The van der Waals surface area contributed by atoms with Crippen molar-refractivity contribution in [2.45, 2.75) is 39.3 Å². The van der Waals surface area contributed by atoms with Gasteiger partial charge in [0.25, 0.3) is 0 Å². The van der Waals surface area contributed by atoms with E-state index in [2.05, 4.69) is 40.0 Å². The standard InChI is InChI=1S/C13H22N6/c1-4-10-8-12(18(3)17-10)11(16-14)9-13-15-6-7-19(13)5-2/h6-8,11,16H,4-5,9,14H2,1-3H3. The quantitative estimate of drug-likeness (QED) is 0.600. The molecule has 3 N–H and O–H groups in total. The van der Waals surface area contributed by atoms with Gasteiger partial charge in [-0.3, -0.25) is 16.0 Å². The topological polar surface area (TPSA) is 73.7 Å². The number of hydrogen-bond acceptors (Lipinski definition) is 4. The summed E-state index contributed by atoms with van der Waals surface area (Å²) in [6.07, 6.45) is 5.49. The molecule has 0 aliphatic heterocycles. The van der Waals surface area contributed by atoms with Gasteiger partial charge in [0.1, 0.15) is 5.82 Å². The second kappa shape index (κ2) is 5.99. The Hall–Kier alpha value is -1.66. The molecule has 2 aromatic rings. The van der Waals surface area contributed by atoms with E-state index in [0.717, 1.165) is 36.6 Å². The fourth-order valence-electron chi connectivity index (χ4n) is 2.29. The molecule has 0 aliphatic rings. The molecule has 0 amide bonds. The Labute approximate surface area is 113 Å². The molecule has 0 bridgehead atoms. The molecule has 1 unspecified atom stereocenters. The molecular formula is C13H22N6. The van der Waals surface area contributed by atoms with E-state index in [4.69, 9.17) is 5.84 Å². The van der Waals surface area contributed by atoms with Gasteiger partial charge in [-0.2, -0.15) is 5.10 Å². The van der Waals surface area contributed by atoms with Gasteiger partial charge in [0, 0.05) is 32.4 Å². The zero-order valence-electron chi connectivity index (χ0n) is 11.8. The predicted octanol–water partition coefficient (Wildman–Crippen LogP) is 0.946. The van der Waals surface area contributed by atoms with Crippen molar-refractivity contribution in [3.63, 3.8) is 0 Å². The molecule has 1 atom stereocenters. The van der Waals surface area contributed by atoms with Crippen LogP contribution in [0, 0.1) is 0 Å². The van der Waals surface area contributed by atoms with Gasteiger partial charge in [0.2, 0.25) is 0 Å². The number of nitrogens with one attached hydrogen (secondary N) is 1. The molecule has 19 heavy (non-hydrogen) atoms. The number of hydrogen-bond donors (Lipinski definition) is 2. The number of nitrogens with two attached hydrogens (primary N) is 1. The number of aromatic nitrogens is 4. The smallest absolute Gasteiger partial charge is 0.110 e. The molecule has 0 spiro atoms. The minimum atomic E-state index is 0.0190. The Bertz CT molecular complexity index is 527. The molecule has 0 saturated heterocycles. The molecular weight excluding hydrogens is 240 g/mol. The van der Waals surface area contributed by atoms with E-state index >= 15 is 0 Å². The van der Waals surface area contributed by atoms with Crippen molar-refractivity contribution in [2.75, 3.05) is 0 Å². The normalized spacial score (nSPS) is 12.8. The summed E-state index contributed by atoms with van der Waals surface area (Å²) in [5, 5.41) is 4.46. The summed E-state index contributed by atoms with van der Waals surface area (Å²) in [6.45, 7) is 5.12. The lowest BCUT2D eigenvalue weighted by atomic mass is 10.1. The van der Waals surface area contributed by atoms with Crippen LogP contribution in [0.25, 0.3) is 0 Å². The van der Waals surface area contributed by atoms with Gasteiger partial charge >= 0.3 is 0 Å². The summed E-state index contributed by atoms with van der Waals surface area (Å²) in [6, 6.07) is 2.12. The molecule has 2 rings (SSSR count). The van der Waals surface area contributed by atoms with Gasteiger partial charge in [-0.25, -0.2) is 4.98 Å². The van der Waals surface area contributed by atoms with Crippen molar-refractivity contribution in [3.05, 3.63) is 35.7 Å². The Balaban J connectivity index is 2.22. The van der Waals surface area contributed by atoms with Gasteiger partial charge in [0.15, 0.2) is 0 Å². The highest BCUT2D eigenvalue weighted by atomic mass is 15.3. The monoisotopic (exact) mass is 262 g/mol. The van der Waals surface area contributed by atoms with Crippen molar-refractivity contribution in [3.8, 4) is 0 Å². The molecule has 0 radical (unpaired) electrons. The summed E-state index contributed by atoms with van der Waals surface area (Å²) in [7, 11) is 1.95. The largest absolute Gasteiger partial charge is 0.335 e. The van der Waals surface area contributed by atoms with Crippen LogP contribution >= 0.6 is 0 Å². The Morgan fingerprint density at radius 2 is 2.21 bits per heavy atom. The van der Waals surface area contributed by atoms with Crippen LogP contribution in [-0.4, -0.2) is 19.3 Å². The third-order valence-electron chi connectivity index (χ3n) is 3.42. The highest BCUT2D eigenvalue weighted by Gasteiger charge is 2.18. The van der Waals surface area contributed by atoms with Crippen LogP contribution in [0.4, 0.5) is 0 Å². The van der Waals surface area contributed by atoms with Gasteiger partial charge in [-0.05, 0) is 19.4 Å². The van der Waals surface area contributed by atoms with Gasteiger partial charge in [0.05, 0.1) is 17.4 Å². The minimum Gasteiger partial charge on any atom is -0.335 e. The van der Waals surface area contributed by atoms with E-state index in [1.54, 1.807) is 0 Å². The number of imidazole rings is 1. The molecule has 6 nitrogen and oxygen atoms in total. The molecule has 2 aromatic heterocycles. The third-order valence-corrected chi connectivity index (χ3v) is 3.42. The highest BCUT2D eigenvalue weighted by Crippen LogP contribution is 2.18. The molecule has 0 saturated carbocycles. The van der Waals surface area contributed by atoms with Crippen molar-refractivity contribution >= 4 is 0 Å². The SMILES string of the molecule is CCc1cc(C(Cc2nccn2CC)NN)n(C)n1. The maximum Gasteiger partial charge on any atom is 0.110 e. The van der Waals surface area contributed by atoms with Gasteiger partial charge < -0.3 is 4.57 Å². The number of aryl methyl sites for hydroxylation is 3. The average Bonchev–Trinajstić information content (AvgIpc) is 3.01. The van der Waals surface area contributed by atoms with Crippen molar-refractivity contribution in [1.82, 2.24) is 24.8 Å². The number of rotatable bonds is 6. The van der Waals surface area contributed by atoms with Crippen LogP contribution in [0.15, 0.2) is 18.5 Å². The Morgan fingerprint density at radius 1 is 1.42 bits per heavy atom. The summed E-state index contributed by atoms with van der Waals surface area (Å²) < 4.78 is 4.02. The van der Waals surface area contributed by atoms with Crippen LogP contribution in [0.2, 0.25) is 0 Å². The van der Waals surface area contributed by atoms with E-state index in [1.165, 1.54) is 0 Å². The van der Waals surface area contributed by atoms with Crippen molar-refractivity contribution < 1.29 is 0 Å². The lowest BCUT2D eigenvalue weighted by molar-refractivity contribution is 0.488. The van der Waals surface area contributed by atoms with Crippen molar-refractivity contribution in [2.24, 2.45) is 12.9 Å². The molecule has 0 aromatic carbocycles. The van der Waals surface area contributed by atoms with E-state index in [-0.39, 0.29) is 6.04 Å². The number of hydrazine groups is 1. The first kappa shape index (κ1) is 13.8. The first-order chi connectivity index (χ1) is 9.19. The summed E-state index contributed by atoms with van der Waals surface area (Å²) >= 11 is 0. The number of nitrogens with zero attached hydrogens (tertiary/aromatic N) is 4. The predicted molar refractivity (Wildman–Crippen MR) is 74.3 cm³/mol. The lowest BCUT2D eigenvalue weighted by Crippen LogP contribution is -2.31. The second-order valence-corrected chi connectivity index (χ2v) is 4.59. The summed E-state index contributed by atoms with van der Waals surface area (Å²) in [4.78, 5) is 4.39. The second-order valence-electron chi connectivity index (χ2n) is 4.59. The molecule has 0 fully saturated rings. The summed E-state index contributed by atoms with van der Waals surface area (Å²) in [5.74, 6) is 6.74. The zero-order chi connectivity index (χ0) is 13.8. The van der Waals surface area contributed by atoms with E-state index in [9.17, 15) is 0 Å². The molecule has 6 heteroatoms. The first-order valence-corrected chi connectivity index (χ1v) is 6.68. The van der Waals surface area contributed by atoms with Crippen molar-refractivity contribution in [1.29, 1.82) is 0 Å². The first-order valence-electron chi connectivity index (χ1n) is 6.68. The molecule has 104 valence electrons. The fraction of sp³-hybridized carbons (Fsp3) is 0.538.